The zero-order valence-corrected chi connectivity index (χ0v) is 36.0. The van der Waals surface area contributed by atoms with Crippen LogP contribution >= 0.6 is 0 Å². The second kappa shape index (κ2) is 24.2. The van der Waals surface area contributed by atoms with Crippen LogP contribution in [-0.2, 0) is 56.8 Å². The third-order valence-electron chi connectivity index (χ3n) is 12.7. The summed E-state index contributed by atoms with van der Waals surface area (Å²) >= 11 is 0. The van der Waals surface area contributed by atoms with Gasteiger partial charge < -0.3 is 154 Å². The average Bonchev–Trinajstić information content (AvgIpc) is 3.33. The Morgan fingerprint density at radius 3 is 0.971 bits per heavy atom. The molecule has 398 valence electrons. The van der Waals surface area contributed by atoms with E-state index in [1.807, 2.05) is 0 Å². The predicted molar refractivity (Wildman–Crippen MR) is 204 cm³/mol. The van der Waals surface area contributed by atoms with Crippen LogP contribution in [0.4, 0.5) is 0 Å². The van der Waals surface area contributed by atoms with Crippen LogP contribution in [0.3, 0.4) is 0 Å². The number of hydrogen-bond donors (Lipinski definition) is 19. The third-order valence-corrected chi connectivity index (χ3v) is 12.7. The molecule has 30 atom stereocenters. The van der Waals surface area contributed by atoms with E-state index in [4.69, 9.17) is 56.8 Å². The summed E-state index contributed by atoms with van der Waals surface area (Å²) in [5.41, 5.74) is 0. The molecular formula is C37H64O31. The third kappa shape index (κ3) is 11.4. The van der Waals surface area contributed by atoms with Gasteiger partial charge in [-0.3, -0.25) is 0 Å². The number of rotatable bonds is 17. The molecule has 0 saturated carbocycles. The number of aliphatic hydroxyl groups excluding tert-OH is 19. The topological polar surface area (TPSA) is 495 Å². The normalized spacial score (nSPS) is 52.8. The molecule has 19 N–H and O–H groups in total. The van der Waals surface area contributed by atoms with Gasteiger partial charge in [0.15, 0.2) is 37.7 Å². The summed E-state index contributed by atoms with van der Waals surface area (Å²) in [6.45, 7) is -5.37. The second-order valence-corrected chi connectivity index (χ2v) is 17.0. The minimum Gasteiger partial charge on any atom is -0.394 e. The molecule has 0 aromatic rings. The first-order valence-corrected chi connectivity index (χ1v) is 21.5. The SMILES string of the molecule is CO[C@@H]1C(CO)O[C@@H](O[C@H]2C(O)C(O)[C@@H](O[C@@H]3C(CO)O[C@@H](O[C@H]4C(O)C(O)[C@@H](O[C@@H]5C(CO)O[C@@H](O)C(O)[C@H]5O)O[C@H]4CO[C@H]4O[C@@H](CO)[C@H](O)C(O)C4O)C(O)[C@@H]3O)O[C@H]2CO)C(O)[C@@H]1O. The lowest BCUT2D eigenvalue weighted by atomic mass is 9.95. The molecule has 0 amide bonds. The molecule has 0 aliphatic carbocycles. The summed E-state index contributed by atoms with van der Waals surface area (Å²) in [5, 5.41) is 200. The van der Waals surface area contributed by atoms with Crippen molar-refractivity contribution in [3.63, 3.8) is 0 Å². The van der Waals surface area contributed by atoms with Gasteiger partial charge in [-0.15, -0.1) is 0 Å². The van der Waals surface area contributed by atoms with Gasteiger partial charge in [0.05, 0.1) is 39.6 Å². The van der Waals surface area contributed by atoms with E-state index in [0.717, 1.165) is 0 Å². The van der Waals surface area contributed by atoms with Crippen molar-refractivity contribution in [3.05, 3.63) is 0 Å². The van der Waals surface area contributed by atoms with Gasteiger partial charge in [-0.1, -0.05) is 0 Å². The van der Waals surface area contributed by atoms with Gasteiger partial charge in [0.25, 0.3) is 0 Å². The van der Waals surface area contributed by atoms with Crippen LogP contribution in [0.5, 0.6) is 0 Å². The van der Waals surface area contributed by atoms with Crippen molar-refractivity contribution in [2.75, 3.05) is 46.8 Å². The Morgan fingerprint density at radius 2 is 0.588 bits per heavy atom. The van der Waals surface area contributed by atoms with E-state index in [-0.39, 0.29) is 0 Å². The van der Waals surface area contributed by atoms with Crippen molar-refractivity contribution in [2.45, 2.75) is 184 Å². The van der Waals surface area contributed by atoms with Crippen molar-refractivity contribution in [1.82, 2.24) is 0 Å². The van der Waals surface area contributed by atoms with Gasteiger partial charge in [0, 0.05) is 7.11 Å². The molecule has 12 unspecified atom stereocenters. The molecular weight excluding hydrogens is 940 g/mol. The lowest BCUT2D eigenvalue weighted by molar-refractivity contribution is -0.395. The molecule has 0 spiro atoms. The zero-order chi connectivity index (χ0) is 50.0. The summed E-state index contributed by atoms with van der Waals surface area (Å²) in [7, 11) is 1.18. The number of methoxy groups -OCH3 is 1. The molecule has 0 aromatic heterocycles. The molecule has 6 saturated heterocycles. The second-order valence-electron chi connectivity index (χ2n) is 17.0. The Balaban J connectivity index is 1.17. The van der Waals surface area contributed by atoms with Gasteiger partial charge in [0.1, 0.15) is 146 Å². The first-order valence-electron chi connectivity index (χ1n) is 21.5. The monoisotopic (exact) mass is 1000 g/mol. The summed E-state index contributed by atoms with van der Waals surface area (Å²) in [4.78, 5) is 0. The summed E-state index contributed by atoms with van der Waals surface area (Å²) in [6, 6.07) is 0. The maximum absolute atomic E-state index is 11.5. The fourth-order valence-corrected chi connectivity index (χ4v) is 8.69. The fourth-order valence-electron chi connectivity index (χ4n) is 8.69. The van der Waals surface area contributed by atoms with Crippen molar-refractivity contribution in [2.24, 2.45) is 0 Å². The minimum atomic E-state index is -2.23. The highest BCUT2D eigenvalue weighted by atomic mass is 16.8. The Labute approximate surface area is 384 Å². The maximum Gasteiger partial charge on any atom is 0.187 e. The Bertz CT molecular complexity index is 1520. The largest absolute Gasteiger partial charge is 0.394 e. The van der Waals surface area contributed by atoms with Crippen LogP contribution in [0.1, 0.15) is 0 Å². The molecule has 31 nitrogen and oxygen atoms in total. The summed E-state index contributed by atoms with van der Waals surface area (Å²) in [5.74, 6) is 0. The molecule has 6 fully saturated rings. The van der Waals surface area contributed by atoms with E-state index in [9.17, 15) is 97.0 Å². The smallest absolute Gasteiger partial charge is 0.187 e. The van der Waals surface area contributed by atoms with Crippen LogP contribution in [0, 0.1) is 0 Å². The summed E-state index contributed by atoms with van der Waals surface area (Å²) < 4.78 is 66.5. The molecule has 6 heterocycles. The molecule has 6 aliphatic rings. The van der Waals surface area contributed by atoms with Crippen molar-refractivity contribution < 1.29 is 154 Å². The van der Waals surface area contributed by atoms with Gasteiger partial charge in [0.2, 0.25) is 0 Å². The van der Waals surface area contributed by atoms with Crippen LogP contribution in [0.25, 0.3) is 0 Å². The van der Waals surface area contributed by atoms with Gasteiger partial charge in [-0.2, -0.15) is 0 Å². The molecule has 0 bridgehead atoms. The maximum atomic E-state index is 11.5. The van der Waals surface area contributed by atoms with E-state index >= 15 is 0 Å². The summed E-state index contributed by atoms with van der Waals surface area (Å²) in [6.07, 6.45) is -55.7. The fraction of sp³-hybridized carbons (Fsp3) is 1.00. The van der Waals surface area contributed by atoms with Gasteiger partial charge >= 0.3 is 0 Å². The molecule has 31 heteroatoms. The number of ether oxygens (including phenoxy) is 12. The highest BCUT2D eigenvalue weighted by molar-refractivity contribution is 4.99. The molecule has 0 aromatic carbocycles. The van der Waals surface area contributed by atoms with Crippen LogP contribution in [0.15, 0.2) is 0 Å². The Morgan fingerprint density at radius 1 is 0.294 bits per heavy atom. The van der Waals surface area contributed by atoms with Crippen molar-refractivity contribution >= 4 is 0 Å². The Kier molecular flexibility index (Phi) is 19.9. The molecule has 68 heavy (non-hydrogen) atoms. The van der Waals surface area contributed by atoms with Crippen LogP contribution < -0.4 is 0 Å². The van der Waals surface area contributed by atoms with Crippen molar-refractivity contribution in [1.29, 1.82) is 0 Å². The van der Waals surface area contributed by atoms with Crippen LogP contribution in [-0.4, -0.2) is 328 Å². The highest BCUT2D eigenvalue weighted by Gasteiger charge is 2.57. The first kappa shape index (κ1) is 56.1. The lowest BCUT2D eigenvalue weighted by Gasteiger charge is -2.49. The average molecular weight is 1000 g/mol. The molecule has 6 aliphatic heterocycles. The van der Waals surface area contributed by atoms with E-state index in [0.29, 0.717) is 0 Å². The first-order chi connectivity index (χ1) is 32.3. The van der Waals surface area contributed by atoms with E-state index < -0.39 is 224 Å². The molecule has 0 radical (unpaired) electrons. The van der Waals surface area contributed by atoms with Crippen LogP contribution in [0.2, 0.25) is 0 Å². The molecule has 6 rings (SSSR count). The van der Waals surface area contributed by atoms with Crippen molar-refractivity contribution in [3.8, 4) is 0 Å². The van der Waals surface area contributed by atoms with Gasteiger partial charge in [-0.05, 0) is 0 Å². The standard InChI is InChI=1S/C37H64O31/c1-57-27-9(3-39)61-34(23(52)17(27)46)66-29-11(5-41)62-35(24(53)18(29)47)67-30-12(6-42)63-36(25(54)19(30)48)68-31-13(7-58-33-22(51)15(44)14(43)8(2-38)60-33)64-37(26(55)20(31)49)65-28-10(4-40)59-32(56)21(50)16(28)45/h8-56H,2-7H2,1H3/t8-,9?,10?,11-,12?,13-,14-,15?,16+,17-,18?,19-,20?,21?,22?,23?,24?,25?,26?,27+,28+,29+,30+,31+,32+,33-,34-,35+,36-,37+/m0/s1. The highest BCUT2D eigenvalue weighted by Crippen LogP contribution is 2.36. The quantitative estimate of drug-likeness (QED) is 0.0643. The number of aliphatic hydroxyl groups is 19. The zero-order valence-electron chi connectivity index (χ0n) is 36.0. The van der Waals surface area contributed by atoms with E-state index in [2.05, 4.69) is 0 Å². The van der Waals surface area contributed by atoms with E-state index in [1.54, 1.807) is 0 Å². The van der Waals surface area contributed by atoms with Gasteiger partial charge in [-0.25, -0.2) is 0 Å². The predicted octanol–water partition coefficient (Wildman–Crippen LogP) is -13.4. The lowest BCUT2D eigenvalue weighted by Crippen LogP contribution is -2.68. The van der Waals surface area contributed by atoms with E-state index in [1.165, 1.54) is 7.11 Å². The number of hydrogen-bond acceptors (Lipinski definition) is 31. The Hall–Kier alpha value is -1.24. The minimum absolute atomic E-state index is 0.704.